The van der Waals surface area contributed by atoms with Crippen molar-refractivity contribution in [3.05, 3.63) is 30.1 Å². The molecule has 0 bridgehead atoms. The van der Waals surface area contributed by atoms with Crippen LogP contribution in [0.3, 0.4) is 0 Å². The van der Waals surface area contributed by atoms with Crippen molar-refractivity contribution in [3.63, 3.8) is 0 Å². The molecule has 2 aromatic heterocycles. The molecule has 1 fully saturated rings. The summed E-state index contributed by atoms with van der Waals surface area (Å²) in [6.45, 7) is 7.17. The number of pyridine rings is 1. The first-order chi connectivity index (χ1) is 9.11. The highest BCUT2D eigenvalue weighted by atomic mass is 32.2. The zero-order chi connectivity index (χ0) is 13.5. The average Bonchev–Trinajstić information content (AvgIpc) is 2.76. The summed E-state index contributed by atoms with van der Waals surface area (Å²) in [5.74, 6) is 2.20. The van der Waals surface area contributed by atoms with E-state index in [0.29, 0.717) is 6.54 Å². The lowest BCUT2D eigenvalue weighted by molar-refractivity contribution is 0.641. The van der Waals surface area contributed by atoms with E-state index in [9.17, 15) is 0 Å². The maximum absolute atomic E-state index is 5.94. The Balaban J connectivity index is 2.04. The second-order valence-electron chi connectivity index (χ2n) is 5.54. The zero-order valence-electron chi connectivity index (χ0n) is 11.5. The molecule has 4 nitrogen and oxygen atoms in total. The van der Waals surface area contributed by atoms with Crippen LogP contribution < -0.4 is 10.6 Å². The maximum Gasteiger partial charge on any atom is 0.152 e. The fourth-order valence-electron chi connectivity index (χ4n) is 2.67. The van der Waals surface area contributed by atoms with Crippen LogP contribution >= 0.6 is 11.8 Å². The number of hydrogen-bond acceptors (Lipinski definition) is 4. The molecule has 0 aliphatic carbocycles. The molecule has 0 spiro atoms. The van der Waals surface area contributed by atoms with Gasteiger partial charge in [-0.05, 0) is 26.0 Å². The van der Waals surface area contributed by atoms with Crippen molar-refractivity contribution in [2.24, 2.45) is 5.73 Å². The van der Waals surface area contributed by atoms with Crippen LogP contribution in [0.2, 0.25) is 0 Å². The van der Waals surface area contributed by atoms with Gasteiger partial charge in [-0.1, -0.05) is 6.07 Å². The molecule has 102 valence electrons. The van der Waals surface area contributed by atoms with E-state index in [-0.39, 0.29) is 4.75 Å². The van der Waals surface area contributed by atoms with E-state index in [2.05, 4.69) is 23.1 Å². The van der Waals surface area contributed by atoms with Gasteiger partial charge in [-0.2, -0.15) is 11.8 Å². The van der Waals surface area contributed by atoms with Gasteiger partial charge in [-0.15, -0.1) is 0 Å². The van der Waals surface area contributed by atoms with Crippen molar-refractivity contribution in [3.8, 4) is 0 Å². The number of thioether (sulfide) groups is 1. The molecule has 0 radical (unpaired) electrons. The number of nitrogens with two attached hydrogens (primary N) is 1. The topological polar surface area (TPSA) is 46.6 Å². The smallest absolute Gasteiger partial charge is 0.152 e. The van der Waals surface area contributed by atoms with Crippen molar-refractivity contribution in [2.45, 2.75) is 25.1 Å². The number of anilines is 1. The van der Waals surface area contributed by atoms with Crippen LogP contribution in [0, 0.1) is 0 Å². The quantitative estimate of drug-likeness (QED) is 0.913. The van der Waals surface area contributed by atoms with E-state index < -0.39 is 0 Å². The third-order valence-corrected chi connectivity index (χ3v) is 4.82. The Hall–Kier alpha value is -1.20. The predicted octanol–water partition coefficient (Wildman–Crippen LogP) is 2.12. The van der Waals surface area contributed by atoms with Gasteiger partial charge in [0.15, 0.2) is 5.82 Å². The van der Waals surface area contributed by atoms with E-state index in [1.807, 2.05) is 36.2 Å². The normalized spacial score (nSPS) is 19.0. The Morgan fingerprint density at radius 1 is 1.42 bits per heavy atom. The summed E-state index contributed by atoms with van der Waals surface area (Å²) < 4.78 is 2.38. The molecule has 1 saturated heterocycles. The van der Waals surface area contributed by atoms with Gasteiger partial charge in [-0.25, -0.2) is 4.98 Å². The summed E-state index contributed by atoms with van der Waals surface area (Å²) in [7, 11) is 0. The van der Waals surface area contributed by atoms with Gasteiger partial charge >= 0.3 is 0 Å². The second-order valence-corrected chi connectivity index (χ2v) is 7.35. The predicted molar refractivity (Wildman–Crippen MR) is 81.8 cm³/mol. The van der Waals surface area contributed by atoms with Crippen LogP contribution in [0.5, 0.6) is 0 Å². The van der Waals surface area contributed by atoms with Crippen molar-refractivity contribution >= 4 is 23.2 Å². The maximum atomic E-state index is 5.94. The highest BCUT2D eigenvalue weighted by Crippen LogP contribution is 2.33. The first-order valence-electron chi connectivity index (χ1n) is 6.66. The Labute approximate surface area is 118 Å². The summed E-state index contributed by atoms with van der Waals surface area (Å²) in [5.41, 5.74) is 8.03. The van der Waals surface area contributed by atoms with Crippen molar-refractivity contribution in [2.75, 3.05) is 23.7 Å². The van der Waals surface area contributed by atoms with Gasteiger partial charge in [0.05, 0.1) is 5.69 Å². The molecule has 0 atom stereocenters. The molecule has 0 saturated carbocycles. The van der Waals surface area contributed by atoms with Crippen LogP contribution in [-0.4, -0.2) is 33.0 Å². The summed E-state index contributed by atoms with van der Waals surface area (Å²) >= 11 is 2.03. The first kappa shape index (κ1) is 12.8. The number of nitrogens with zero attached hydrogens (tertiary/aromatic N) is 3. The molecule has 0 amide bonds. The standard InChI is InChI=1S/C14H20N4S/c1-14(2)10-17(7-8-19-14)13-11(9-15)18-6-4-3-5-12(18)16-13/h3-6H,7-10,15H2,1-2H3. The van der Waals surface area contributed by atoms with Gasteiger partial charge in [0, 0.05) is 36.3 Å². The zero-order valence-corrected chi connectivity index (χ0v) is 12.3. The third kappa shape index (κ3) is 2.32. The van der Waals surface area contributed by atoms with Gasteiger partial charge in [0.2, 0.25) is 0 Å². The van der Waals surface area contributed by atoms with Gasteiger partial charge in [-0.3, -0.25) is 0 Å². The Bertz CT molecular complexity index is 590. The average molecular weight is 276 g/mol. The minimum atomic E-state index is 0.278. The van der Waals surface area contributed by atoms with Gasteiger partial charge in [0.1, 0.15) is 5.65 Å². The molecule has 0 aromatic carbocycles. The number of imidazole rings is 1. The van der Waals surface area contributed by atoms with Crippen molar-refractivity contribution in [1.82, 2.24) is 9.38 Å². The molecule has 19 heavy (non-hydrogen) atoms. The molecular formula is C14H20N4S. The van der Waals surface area contributed by atoms with Crippen LogP contribution in [0.4, 0.5) is 5.82 Å². The third-order valence-electron chi connectivity index (χ3n) is 3.53. The summed E-state index contributed by atoms with van der Waals surface area (Å²) in [6.07, 6.45) is 2.04. The number of aromatic nitrogens is 2. The summed E-state index contributed by atoms with van der Waals surface area (Å²) in [4.78, 5) is 7.15. The molecule has 1 aliphatic heterocycles. The molecule has 3 rings (SSSR count). The molecule has 3 heterocycles. The SMILES string of the molecule is CC1(C)CN(c2nc3ccccn3c2CN)CCS1. The van der Waals surface area contributed by atoms with E-state index in [0.717, 1.165) is 36.0 Å². The van der Waals surface area contributed by atoms with Crippen LogP contribution in [0.25, 0.3) is 5.65 Å². The molecule has 1 aliphatic rings. The lowest BCUT2D eigenvalue weighted by Gasteiger charge is -2.38. The largest absolute Gasteiger partial charge is 0.353 e. The Morgan fingerprint density at radius 3 is 3.00 bits per heavy atom. The second kappa shape index (κ2) is 4.72. The van der Waals surface area contributed by atoms with E-state index in [1.54, 1.807) is 0 Å². The number of fused-ring (bicyclic) bond motifs is 1. The van der Waals surface area contributed by atoms with Crippen molar-refractivity contribution in [1.29, 1.82) is 0 Å². The minimum absolute atomic E-state index is 0.278. The summed E-state index contributed by atoms with van der Waals surface area (Å²) in [5, 5.41) is 0. The lowest BCUT2D eigenvalue weighted by Crippen LogP contribution is -2.43. The minimum Gasteiger partial charge on any atom is -0.353 e. The van der Waals surface area contributed by atoms with Gasteiger partial charge in [0.25, 0.3) is 0 Å². The van der Waals surface area contributed by atoms with E-state index in [4.69, 9.17) is 10.7 Å². The van der Waals surface area contributed by atoms with Crippen molar-refractivity contribution < 1.29 is 0 Å². The Morgan fingerprint density at radius 2 is 2.26 bits per heavy atom. The molecule has 0 unspecified atom stereocenters. The van der Waals surface area contributed by atoms with Crippen LogP contribution in [0.15, 0.2) is 24.4 Å². The number of hydrogen-bond donors (Lipinski definition) is 1. The monoisotopic (exact) mass is 276 g/mol. The molecule has 5 heteroatoms. The van der Waals surface area contributed by atoms with Crippen LogP contribution in [0.1, 0.15) is 19.5 Å². The van der Waals surface area contributed by atoms with Gasteiger partial charge < -0.3 is 15.0 Å². The first-order valence-corrected chi connectivity index (χ1v) is 7.64. The highest BCUT2D eigenvalue weighted by Gasteiger charge is 2.29. The molecular weight excluding hydrogens is 256 g/mol. The van der Waals surface area contributed by atoms with E-state index in [1.165, 1.54) is 0 Å². The highest BCUT2D eigenvalue weighted by molar-refractivity contribution is 8.00. The lowest BCUT2D eigenvalue weighted by atomic mass is 10.2. The Kier molecular flexibility index (Phi) is 3.19. The fourth-order valence-corrected chi connectivity index (χ4v) is 3.79. The molecule has 2 N–H and O–H groups in total. The fraction of sp³-hybridized carbons (Fsp3) is 0.500. The summed E-state index contributed by atoms with van der Waals surface area (Å²) in [6, 6.07) is 6.07. The van der Waals surface area contributed by atoms with Crippen LogP contribution in [-0.2, 0) is 6.54 Å². The van der Waals surface area contributed by atoms with E-state index >= 15 is 0 Å². The molecule has 2 aromatic rings. The number of rotatable bonds is 2.